The quantitative estimate of drug-likeness (QED) is 0.0164. The molecule has 6 aliphatic heterocycles. The summed E-state index contributed by atoms with van der Waals surface area (Å²) in [6.45, 7) is 5.21. The number of aromatic nitrogens is 2. The summed E-state index contributed by atoms with van der Waals surface area (Å²) in [4.78, 5) is 205. The molecule has 6 saturated heterocycles. The number of Topliss-reactive ketones (excluding diaryl/α,β-unsaturated/α-hetero) is 5. The van der Waals surface area contributed by atoms with Crippen LogP contribution in [-0.2, 0) is 111 Å². The summed E-state index contributed by atoms with van der Waals surface area (Å²) >= 11 is 0. The molecule has 7 rings (SSSR count). The average molecular weight is 1950 g/mol. The van der Waals surface area contributed by atoms with E-state index in [-0.39, 0.29) is 58.2 Å². The van der Waals surface area contributed by atoms with Crippen molar-refractivity contribution in [1.29, 1.82) is 5.41 Å². The molecule has 0 aliphatic carbocycles. The Morgan fingerprint density at radius 3 is 1.71 bits per heavy atom. The molecule has 0 aromatic carbocycles. The van der Waals surface area contributed by atoms with Crippen LogP contribution in [0.15, 0.2) is 12.5 Å². The maximum atomic E-state index is 15.7. The first kappa shape index (κ1) is 114. The van der Waals surface area contributed by atoms with Gasteiger partial charge in [0.05, 0.1) is 125 Å². The summed E-state index contributed by atoms with van der Waals surface area (Å²) in [7, 11) is 0. The number of nitrogens with zero attached hydrogens (tertiary/aromatic N) is 3. The highest BCUT2D eigenvalue weighted by atomic mass is 16.8. The third-order valence-corrected chi connectivity index (χ3v) is 26.0. The second-order valence-electron chi connectivity index (χ2n) is 36.5. The number of guanidine groups is 1. The highest BCUT2D eigenvalue weighted by molar-refractivity contribution is 6.00. The second kappa shape index (κ2) is 51.3. The fourth-order valence-electron chi connectivity index (χ4n) is 17.7. The first-order valence-corrected chi connectivity index (χ1v) is 45.3. The number of nitrogens with one attached hydrogen (secondary N) is 7. The highest BCUT2D eigenvalue weighted by Crippen LogP contribution is 2.43. The van der Waals surface area contributed by atoms with Gasteiger partial charge < -0.3 is 178 Å². The number of hydrogen-bond acceptors (Lipinski definition) is 39. The maximum absolute atomic E-state index is 15.7. The number of aliphatic hydroxyl groups is 14. The Bertz CT molecular complexity index is 4240. The zero-order chi connectivity index (χ0) is 102. The predicted octanol–water partition coefficient (Wildman–Crippen LogP) is -9.58. The normalized spacial score (nSPS) is 30.7. The van der Waals surface area contributed by atoms with Gasteiger partial charge in [-0.3, -0.25) is 62.9 Å². The Morgan fingerprint density at radius 1 is 0.625 bits per heavy atom. The lowest BCUT2D eigenvalue weighted by molar-refractivity contribution is -0.388. The summed E-state index contributed by atoms with van der Waals surface area (Å²) in [5.74, 6) is -33.1. The van der Waals surface area contributed by atoms with Crippen LogP contribution in [0.25, 0.3) is 0 Å². The fourth-order valence-corrected chi connectivity index (χ4v) is 17.7. The standard InChI is InChI=1S/C85H136N12O39/c1-35(2)48(24-47(104)28-91-76(122)49(86)23-46-27-89-34-92-46)75(121)94-62(41(8)103)53(106)21-45(29-98)74(120)93-39(6)77(123)97-18-12-15-51(97)52(105)20-44(22-61(112)113)73(119)95-63(54(107)19-43(13-10-16-90-83(87)88)78(124)96-17-11-14-50(96)40(7)102)42(9)130-79-38(5)69(67(117)60(132-79)33-129-84(81(125)126)25-55(108)36(3)70(134-84)64(114)57(110)30-99)133-80-68(118)72(66(116)59(32-101)131-80)136-85(82(127)128)26-56(109)37(4)71(135-85)65(115)58(111)31-100/h27,34-39,41-45,48-51,55-60,62-72,79-80,98-101,103,108-111,114-118H,10-26,28-33,86H2,1-9H3,(H,89,92)(H,91,122)(H,93,120)(H,94,121)(H,95,119)(H,112,113)(H,125,126)(H,127,128)(H4,87,88,90)/t36-,37-,38?,39+,41?,42?,43-,44+,45+,48+,49+,50+,51+,55-,56-,57-,58-,59?,60?,62+,63+,64-,65-,66+,67+,68?,69-,70?,71?,72+,79+,80+,84-,85+/m1/s1. The minimum absolute atomic E-state index is 0.00331. The van der Waals surface area contributed by atoms with E-state index in [2.05, 4.69) is 36.6 Å². The molecule has 7 heterocycles. The molecule has 1 aromatic rings. The molecule has 51 heteroatoms. The third kappa shape index (κ3) is 29.2. The van der Waals surface area contributed by atoms with Crippen LogP contribution in [0.4, 0.5) is 0 Å². The van der Waals surface area contributed by atoms with E-state index in [1.807, 2.05) is 0 Å². The lowest BCUT2D eigenvalue weighted by atomic mass is 9.84. The van der Waals surface area contributed by atoms with Gasteiger partial charge in [0.1, 0.15) is 79.2 Å². The van der Waals surface area contributed by atoms with E-state index in [4.69, 9.17) is 54.8 Å². The van der Waals surface area contributed by atoms with E-state index in [1.54, 1.807) is 13.8 Å². The smallest absolute Gasteiger partial charge is 0.364 e. The van der Waals surface area contributed by atoms with Crippen molar-refractivity contribution in [2.45, 2.75) is 316 Å². The van der Waals surface area contributed by atoms with Gasteiger partial charge in [0.15, 0.2) is 47.5 Å². The molecule has 0 spiro atoms. The van der Waals surface area contributed by atoms with Crippen LogP contribution in [0.5, 0.6) is 0 Å². The highest BCUT2D eigenvalue weighted by Gasteiger charge is 2.61. The van der Waals surface area contributed by atoms with E-state index in [9.17, 15) is 144 Å². The van der Waals surface area contributed by atoms with Gasteiger partial charge in [0.2, 0.25) is 35.4 Å². The van der Waals surface area contributed by atoms with Crippen LogP contribution >= 0.6 is 0 Å². The average Bonchev–Trinajstić information content (AvgIpc) is 0.943. The Hall–Kier alpha value is -8.86. The van der Waals surface area contributed by atoms with E-state index in [1.165, 1.54) is 52.0 Å². The zero-order valence-electron chi connectivity index (χ0n) is 77.1. The topological polar surface area (TPSA) is 828 Å². The molecule has 1 aromatic heterocycles. The number of nitrogens with two attached hydrogens (primary N) is 2. The molecule has 6 aliphatic rings. The van der Waals surface area contributed by atoms with Gasteiger partial charge in [-0.1, -0.05) is 34.6 Å². The number of aliphatic hydroxyl groups excluding tert-OH is 14. The van der Waals surface area contributed by atoms with E-state index >= 15 is 9.59 Å². The zero-order valence-corrected chi connectivity index (χ0v) is 77.1. The molecular formula is C85H136N12O39. The van der Waals surface area contributed by atoms with Crippen molar-refractivity contribution in [3.63, 3.8) is 0 Å². The Morgan fingerprint density at radius 2 is 1.17 bits per heavy atom. The van der Waals surface area contributed by atoms with Gasteiger partial charge in [0.25, 0.3) is 11.6 Å². The summed E-state index contributed by atoms with van der Waals surface area (Å²) in [5.41, 5.74) is 12.1. The number of carbonyl (C=O) groups excluding carboxylic acids is 11. The number of carbonyl (C=O) groups is 14. The van der Waals surface area contributed by atoms with Crippen molar-refractivity contribution in [2.24, 2.45) is 58.8 Å². The van der Waals surface area contributed by atoms with E-state index in [0.717, 1.165) is 18.7 Å². The number of ketones is 5. The van der Waals surface area contributed by atoms with Gasteiger partial charge in [-0.15, -0.1) is 0 Å². The summed E-state index contributed by atoms with van der Waals surface area (Å²) in [5, 5.41) is 206. The first-order valence-electron chi connectivity index (χ1n) is 45.3. The van der Waals surface area contributed by atoms with Crippen molar-refractivity contribution < 1.29 is 192 Å². The third-order valence-electron chi connectivity index (χ3n) is 26.0. The van der Waals surface area contributed by atoms with Crippen LogP contribution in [0, 0.1) is 52.8 Å². The molecule has 0 bridgehead atoms. The lowest BCUT2D eigenvalue weighted by Gasteiger charge is -2.51. The van der Waals surface area contributed by atoms with Gasteiger partial charge in [-0.2, -0.15) is 0 Å². The number of hydrogen-bond donors (Lipinski definition) is 26. The number of imidazole rings is 1. The van der Waals surface area contributed by atoms with E-state index in [0.29, 0.717) is 12.1 Å². The molecular weight excluding hydrogens is 1810 g/mol. The van der Waals surface area contributed by atoms with E-state index < -0.39 is 384 Å². The number of likely N-dealkylation sites (tertiary alicyclic amines) is 2. The molecule has 6 amide bonds. The van der Waals surface area contributed by atoms with Crippen molar-refractivity contribution in [1.82, 2.24) is 46.4 Å². The number of carboxylic acids is 3. The molecule has 6 fully saturated rings. The van der Waals surface area contributed by atoms with Gasteiger partial charge in [-0.05, 0) is 72.1 Å². The molecule has 34 atom stereocenters. The number of amides is 6. The minimum Gasteiger partial charge on any atom is -0.481 e. The predicted molar refractivity (Wildman–Crippen MR) is 458 cm³/mol. The van der Waals surface area contributed by atoms with Crippen molar-refractivity contribution in [3.05, 3.63) is 18.2 Å². The van der Waals surface area contributed by atoms with Gasteiger partial charge >= 0.3 is 17.9 Å². The number of carboxylic acid groups (broad SMARTS) is 3. The maximum Gasteiger partial charge on any atom is 0.364 e. The van der Waals surface area contributed by atoms with Crippen molar-refractivity contribution in [3.8, 4) is 0 Å². The SMILES string of the molecule is CC(=O)[C@@H]1CCCN1C(=O)[C@H](CCCNC(=N)N)CC(=O)[C@@H](NC(=O)[C@H](CC(=O)O)CC(=O)[C@@H]1CCCN1C(=O)[C@H](C)NC(=O)[C@H](CO)CC(=O)[C@@H](NC(=O)[C@@H](CC(=O)CNC(=O)[C@@H](N)Cc1cnc[nH]1)C(C)C)C(C)O)C(C)O[C@H]1OC(CO[C@]2(C(=O)O)C[C@@H](O)[C@@H](C)C([C@H](O)[C@H](O)CO)O2)[C@H](O)[C@H](O[C@@H]2OC(CO)[C@H](O)[C@H](O[C@]3(C(=O)O)C[C@@H](O)[C@@H](C)C([C@H](O)[C@H](O)CO)O3)C2O)C1C. The van der Waals surface area contributed by atoms with Crippen LogP contribution in [0.1, 0.15) is 151 Å². The number of aromatic amines is 1. The molecule has 51 nitrogen and oxygen atoms in total. The molecule has 8 unspecified atom stereocenters. The Labute approximate surface area is 781 Å². The summed E-state index contributed by atoms with van der Waals surface area (Å²) in [6, 6.07) is -8.97. The number of rotatable bonds is 53. The van der Waals surface area contributed by atoms with Crippen molar-refractivity contribution in [2.75, 3.05) is 59.2 Å². The Kier molecular flexibility index (Phi) is 43.1. The minimum atomic E-state index is -3.20. The first-order chi connectivity index (χ1) is 63.8. The Balaban J connectivity index is 1.20. The number of aliphatic carboxylic acids is 3. The van der Waals surface area contributed by atoms with Crippen LogP contribution in [0.2, 0.25) is 0 Å². The lowest BCUT2D eigenvalue weighted by Crippen LogP contribution is -2.68. The largest absolute Gasteiger partial charge is 0.481 e. The van der Waals surface area contributed by atoms with Crippen LogP contribution < -0.4 is 38.1 Å². The fraction of sp³-hybridized carbons (Fsp3) is 0.788. The van der Waals surface area contributed by atoms with Crippen molar-refractivity contribution >= 4 is 88.2 Å². The molecule has 0 radical (unpaired) electrons. The van der Waals surface area contributed by atoms with Gasteiger partial charge in [-0.25, -0.2) is 14.6 Å². The molecule has 770 valence electrons. The van der Waals surface area contributed by atoms with Crippen LogP contribution in [0.3, 0.4) is 0 Å². The molecule has 28 N–H and O–H groups in total. The molecule has 0 saturated carbocycles. The monoisotopic (exact) mass is 1950 g/mol. The van der Waals surface area contributed by atoms with Crippen LogP contribution in [-0.4, -0.2) is 418 Å². The number of H-pyrrole nitrogens is 1. The van der Waals surface area contributed by atoms with Gasteiger partial charge in [0, 0.05) is 106 Å². The molecule has 136 heavy (non-hydrogen) atoms. The second-order valence-corrected chi connectivity index (χ2v) is 36.5. The summed E-state index contributed by atoms with van der Waals surface area (Å²) < 4.78 is 48.5. The number of ether oxygens (including phenoxy) is 8. The summed E-state index contributed by atoms with van der Waals surface area (Å²) in [6.07, 6.45) is -42.4.